The molecule has 2 heterocycles. The summed E-state index contributed by atoms with van der Waals surface area (Å²) in [6.07, 6.45) is 1.74. The third kappa shape index (κ3) is 7.07. The Balaban J connectivity index is 1.96. The molecule has 29 heavy (non-hydrogen) atoms. The fourth-order valence-electron chi connectivity index (χ4n) is 2.85. The Morgan fingerprint density at radius 3 is 2.66 bits per heavy atom. The second kappa shape index (κ2) is 10.8. The van der Waals surface area contributed by atoms with E-state index in [9.17, 15) is 5.11 Å². The van der Waals surface area contributed by atoms with E-state index in [1.807, 2.05) is 39.0 Å². The van der Waals surface area contributed by atoms with Crippen molar-refractivity contribution in [1.82, 2.24) is 15.6 Å². The first-order valence-corrected chi connectivity index (χ1v) is 9.74. The Labute approximate surface area is 172 Å². The van der Waals surface area contributed by atoms with E-state index in [0.29, 0.717) is 44.7 Å². The molecule has 160 valence electrons. The summed E-state index contributed by atoms with van der Waals surface area (Å²) in [5, 5.41) is 17.3. The average Bonchev–Trinajstić information content (AvgIpc) is 3.04. The zero-order valence-electron chi connectivity index (χ0n) is 17.9. The van der Waals surface area contributed by atoms with Crippen LogP contribution >= 0.6 is 0 Å². The van der Waals surface area contributed by atoms with Crippen LogP contribution in [0.2, 0.25) is 0 Å². The largest absolute Gasteiger partial charge is 0.475 e. The Morgan fingerprint density at radius 1 is 1.28 bits per heavy atom. The van der Waals surface area contributed by atoms with Crippen molar-refractivity contribution in [3.63, 3.8) is 0 Å². The van der Waals surface area contributed by atoms with Gasteiger partial charge in [-0.05, 0) is 39.3 Å². The molecule has 8 nitrogen and oxygen atoms in total. The van der Waals surface area contributed by atoms with E-state index in [-0.39, 0.29) is 0 Å². The molecule has 1 unspecified atom stereocenters. The summed E-state index contributed by atoms with van der Waals surface area (Å²) in [6.45, 7) is 9.91. The molecule has 0 radical (unpaired) electrons. The van der Waals surface area contributed by atoms with Crippen molar-refractivity contribution in [2.75, 3.05) is 33.4 Å². The van der Waals surface area contributed by atoms with Gasteiger partial charge in [-0.25, -0.2) is 9.98 Å². The lowest BCUT2D eigenvalue weighted by atomic mass is 9.96. The van der Waals surface area contributed by atoms with Gasteiger partial charge in [0.15, 0.2) is 5.96 Å². The molecule has 3 N–H and O–H groups in total. The molecule has 0 aliphatic rings. The summed E-state index contributed by atoms with van der Waals surface area (Å²) in [4.78, 5) is 8.85. The predicted octanol–water partition coefficient (Wildman–Crippen LogP) is 2.28. The Morgan fingerprint density at radius 2 is 2.07 bits per heavy atom. The summed E-state index contributed by atoms with van der Waals surface area (Å²) in [5.41, 5.74) is 0.641. The van der Waals surface area contributed by atoms with Crippen LogP contribution in [0.3, 0.4) is 0 Å². The topological polar surface area (TPSA) is 101 Å². The minimum atomic E-state index is -1.08. The highest BCUT2D eigenvalue weighted by molar-refractivity contribution is 5.79. The first-order chi connectivity index (χ1) is 13.9. The van der Waals surface area contributed by atoms with Gasteiger partial charge in [-0.1, -0.05) is 6.07 Å². The van der Waals surface area contributed by atoms with Crippen molar-refractivity contribution in [2.24, 2.45) is 4.99 Å². The van der Waals surface area contributed by atoms with Gasteiger partial charge in [0.05, 0.1) is 19.7 Å². The van der Waals surface area contributed by atoms with Gasteiger partial charge in [-0.2, -0.15) is 0 Å². The molecule has 0 saturated heterocycles. The van der Waals surface area contributed by atoms with E-state index in [2.05, 4.69) is 20.6 Å². The maximum atomic E-state index is 10.9. The number of hydrogen-bond acceptors (Lipinski definition) is 6. The SMILES string of the molecule is CCNC(=NCc1ccc(OCCOC)nc1)NCC(C)(O)c1cc(C)oc1C. The second-order valence-corrected chi connectivity index (χ2v) is 7.00. The number of hydrogen-bond donors (Lipinski definition) is 3. The van der Waals surface area contributed by atoms with Crippen molar-refractivity contribution >= 4 is 5.96 Å². The third-order valence-electron chi connectivity index (χ3n) is 4.32. The van der Waals surface area contributed by atoms with Crippen LogP contribution < -0.4 is 15.4 Å². The highest BCUT2D eigenvalue weighted by atomic mass is 16.5. The molecule has 0 aliphatic heterocycles. The number of nitrogens with one attached hydrogen (secondary N) is 2. The molecule has 1 atom stereocenters. The number of methoxy groups -OCH3 is 1. The monoisotopic (exact) mass is 404 g/mol. The van der Waals surface area contributed by atoms with Crippen molar-refractivity contribution in [3.8, 4) is 5.88 Å². The van der Waals surface area contributed by atoms with Gasteiger partial charge in [-0.3, -0.25) is 0 Å². The van der Waals surface area contributed by atoms with Crippen LogP contribution in [0.15, 0.2) is 33.8 Å². The number of aromatic nitrogens is 1. The lowest BCUT2D eigenvalue weighted by Crippen LogP contribution is -2.44. The maximum absolute atomic E-state index is 10.9. The van der Waals surface area contributed by atoms with Gasteiger partial charge in [0.2, 0.25) is 5.88 Å². The zero-order chi connectivity index (χ0) is 21.3. The van der Waals surface area contributed by atoms with Gasteiger partial charge in [-0.15, -0.1) is 0 Å². The average molecular weight is 405 g/mol. The molecule has 2 rings (SSSR count). The predicted molar refractivity (Wildman–Crippen MR) is 112 cm³/mol. The molecule has 0 saturated carbocycles. The molecule has 8 heteroatoms. The number of aliphatic imine (C=N–C) groups is 1. The van der Waals surface area contributed by atoms with Gasteiger partial charge in [0, 0.05) is 31.5 Å². The van der Waals surface area contributed by atoms with Crippen LogP contribution in [0.4, 0.5) is 0 Å². The molecule has 0 bridgehead atoms. The number of aryl methyl sites for hydroxylation is 2. The molecular formula is C21H32N4O4. The summed E-state index contributed by atoms with van der Waals surface area (Å²) < 4.78 is 16.0. The number of aliphatic hydroxyl groups is 1. The van der Waals surface area contributed by atoms with E-state index in [4.69, 9.17) is 13.9 Å². The molecule has 0 aromatic carbocycles. The van der Waals surface area contributed by atoms with Gasteiger partial charge in [0.1, 0.15) is 23.7 Å². The molecular weight excluding hydrogens is 372 g/mol. The highest BCUT2D eigenvalue weighted by Gasteiger charge is 2.27. The smallest absolute Gasteiger partial charge is 0.213 e. The Bertz CT molecular complexity index is 784. The molecule has 2 aromatic heterocycles. The summed E-state index contributed by atoms with van der Waals surface area (Å²) in [7, 11) is 1.63. The quantitative estimate of drug-likeness (QED) is 0.317. The number of furan rings is 1. The second-order valence-electron chi connectivity index (χ2n) is 7.00. The number of ether oxygens (including phenoxy) is 2. The van der Waals surface area contributed by atoms with Crippen LogP contribution in [-0.2, 0) is 16.9 Å². The van der Waals surface area contributed by atoms with E-state index >= 15 is 0 Å². The van der Waals surface area contributed by atoms with E-state index in [1.54, 1.807) is 20.2 Å². The minimum Gasteiger partial charge on any atom is -0.475 e. The van der Waals surface area contributed by atoms with Gasteiger partial charge < -0.3 is 29.6 Å². The van der Waals surface area contributed by atoms with Crippen molar-refractivity contribution < 1.29 is 19.0 Å². The van der Waals surface area contributed by atoms with Crippen LogP contribution in [0, 0.1) is 13.8 Å². The van der Waals surface area contributed by atoms with Crippen LogP contribution in [0.5, 0.6) is 5.88 Å². The lowest BCUT2D eigenvalue weighted by Gasteiger charge is -2.24. The third-order valence-corrected chi connectivity index (χ3v) is 4.32. The van der Waals surface area contributed by atoms with Crippen molar-refractivity contribution in [1.29, 1.82) is 0 Å². The Hall–Kier alpha value is -2.58. The summed E-state index contributed by atoms with van der Waals surface area (Å²) >= 11 is 0. The zero-order valence-corrected chi connectivity index (χ0v) is 17.9. The van der Waals surface area contributed by atoms with Crippen molar-refractivity contribution in [2.45, 2.75) is 39.8 Å². The number of guanidine groups is 1. The number of pyridine rings is 1. The fraction of sp³-hybridized carbons (Fsp3) is 0.524. The number of nitrogens with zero attached hydrogens (tertiary/aromatic N) is 2. The first kappa shape index (κ1) is 22.7. The standard InChI is InChI=1S/C21H32N4O4/c1-6-22-20(25-14-21(4,26)18-11-15(2)29-16(18)3)24-13-17-7-8-19(23-12-17)28-10-9-27-5/h7-8,11-12,26H,6,9-10,13-14H2,1-5H3,(H2,22,24,25). The number of rotatable bonds is 10. The minimum absolute atomic E-state index is 0.295. The molecule has 2 aromatic rings. The van der Waals surface area contributed by atoms with Crippen LogP contribution in [0.25, 0.3) is 0 Å². The van der Waals surface area contributed by atoms with E-state index in [1.165, 1.54) is 0 Å². The van der Waals surface area contributed by atoms with Crippen LogP contribution in [-0.4, -0.2) is 49.5 Å². The fourth-order valence-corrected chi connectivity index (χ4v) is 2.85. The lowest BCUT2D eigenvalue weighted by molar-refractivity contribution is 0.0601. The van der Waals surface area contributed by atoms with Crippen molar-refractivity contribution in [3.05, 3.63) is 47.0 Å². The van der Waals surface area contributed by atoms with Crippen LogP contribution in [0.1, 0.15) is 36.5 Å². The molecule has 0 fully saturated rings. The Kier molecular flexibility index (Phi) is 8.48. The normalized spacial score (nSPS) is 13.8. The summed E-state index contributed by atoms with van der Waals surface area (Å²) in [6, 6.07) is 5.61. The maximum Gasteiger partial charge on any atom is 0.213 e. The highest BCUT2D eigenvalue weighted by Crippen LogP contribution is 2.26. The molecule has 0 amide bonds. The summed E-state index contributed by atoms with van der Waals surface area (Å²) in [5.74, 6) is 2.67. The van der Waals surface area contributed by atoms with E-state index in [0.717, 1.165) is 22.6 Å². The molecule has 0 spiro atoms. The molecule has 0 aliphatic carbocycles. The van der Waals surface area contributed by atoms with E-state index < -0.39 is 5.60 Å². The van der Waals surface area contributed by atoms with Gasteiger partial charge in [0.25, 0.3) is 0 Å². The van der Waals surface area contributed by atoms with Gasteiger partial charge >= 0.3 is 0 Å². The first-order valence-electron chi connectivity index (χ1n) is 9.74.